The Balaban J connectivity index is 1.61. The van der Waals surface area contributed by atoms with Crippen molar-refractivity contribution in [1.82, 2.24) is 9.62 Å². The highest BCUT2D eigenvalue weighted by molar-refractivity contribution is 7.92. The van der Waals surface area contributed by atoms with E-state index < -0.39 is 10.0 Å². The van der Waals surface area contributed by atoms with Gasteiger partial charge in [0.15, 0.2) is 5.58 Å². The van der Waals surface area contributed by atoms with Crippen molar-refractivity contribution < 1.29 is 12.8 Å². The Labute approximate surface area is 169 Å². The normalized spacial score (nSPS) is 15.4. The molecule has 0 atom stereocenters. The smallest absolute Gasteiger partial charge is 0.234 e. The van der Waals surface area contributed by atoms with Gasteiger partial charge in [0.1, 0.15) is 5.76 Å². The molecule has 1 N–H and O–H groups in total. The van der Waals surface area contributed by atoms with Crippen molar-refractivity contribution in [2.75, 3.05) is 13.6 Å². The van der Waals surface area contributed by atoms with Gasteiger partial charge < -0.3 is 9.32 Å². The molecule has 2 aromatic carbocycles. The van der Waals surface area contributed by atoms with Gasteiger partial charge in [-0.3, -0.25) is 0 Å². The van der Waals surface area contributed by atoms with Crippen LogP contribution in [-0.4, -0.2) is 26.9 Å². The second kappa shape index (κ2) is 7.72. The lowest BCUT2D eigenvalue weighted by atomic mass is 10.0. The summed E-state index contributed by atoms with van der Waals surface area (Å²) in [5.41, 5.74) is 3.64. The Hall–Kier alpha value is -2.12. The van der Waals surface area contributed by atoms with E-state index in [-0.39, 0.29) is 6.54 Å². The molecule has 1 aliphatic heterocycles. The quantitative estimate of drug-likeness (QED) is 0.678. The van der Waals surface area contributed by atoms with Crippen LogP contribution in [0.2, 0.25) is 5.02 Å². The number of sulfonamides is 1. The lowest BCUT2D eigenvalue weighted by Crippen LogP contribution is -2.22. The predicted octanol–water partition coefficient (Wildman–Crippen LogP) is 4.16. The van der Waals surface area contributed by atoms with Crippen LogP contribution in [0.5, 0.6) is 0 Å². The van der Waals surface area contributed by atoms with Gasteiger partial charge in [0.2, 0.25) is 10.0 Å². The van der Waals surface area contributed by atoms with E-state index in [4.69, 9.17) is 16.0 Å². The van der Waals surface area contributed by atoms with E-state index in [1.165, 1.54) is 11.0 Å². The SMILES string of the molecule is CN1CCc2ccc(Cl)c3oc(CNS(=O)(=O)/C=C/c4ccccc4)c(c23)C1. The van der Waals surface area contributed by atoms with Crippen LogP contribution in [-0.2, 0) is 29.5 Å². The van der Waals surface area contributed by atoms with Crippen molar-refractivity contribution in [3.8, 4) is 0 Å². The number of hydrogen-bond donors (Lipinski definition) is 1. The van der Waals surface area contributed by atoms with Crippen molar-refractivity contribution in [3.63, 3.8) is 0 Å². The van der Waals surface area contributed by atoms with Crippen LogP contribution in [0, 0.1) is 0 Å². The summed E-state index contributed by atoms with van der Waals surface area (Å²) in [5.74, 6) is 0.606. The Bertz CT molecular complexity index is 1140. The first-order valence-electron chi connectivity index (χ1n) is 9.06. The summed E-state index contributed by atoms with van der Waals surface area (Å²) in [6.07, 6.45) is 2.47. The third-order valence-electron chi connectivity index (χ3n) is 4.92. The molecule has 1 aliphatic rings. The molecule has 0 bridgehead atoms. The Kier molecular flexibility index (Phi) is 5.29. The molecular weight excluding hydrogens is 396 g/mol. The Morgan fingerprint density at radius 3 is 2.79 bits per heavy atom. The van der Waals surface area contributed by atoms with Crippen molar-refractivity contribution in [2.45, 2.75) is 19.5 Å². The molecule has 3 aromatic rings. The van der Waals surface area contributed by atoms with E-state index in [1.807, 2.05) is 49.5 Å². The minimum atomic E-state index is -3.60. The molecule has 0 aliphatic carbocycles. The summed E-state index contributed by atoms with van der Waals surface area (Å²) >= 11 is 6.34. The number of furan rings is 1. The molecule has 0 unspecified atom stereocenters. The van der Waals surface area contributed by atoms with E-state index in [0.717, 1.165) is 29.5 Å². The highest BCUT2D eigenvalue weighted by Crippen LogP contribution is 2.36. The number of benzene rings is 2. The average molecular weight is 417 g/mol. The van der Waals surface area contributed by atoms with E-state index in [9.17, 15) is 8.42 Å². The van der Waals surface area contributed by atoms with Crippen LogP contribution in [0.15, 0.2) is 52.3 Å². The van der Waals surface area contributed by atoms with Gasteiger partial charge in [0.25, 0.3) is 0 Å². The fourth-order valence-electron chi connectivity index (χ4n) is 3.48. The van der Waals surface area contributed by atoms with Crippen LogP contribution < -0.4 is 4.72 Å². The number of rotatable bonds is 5. The number of likely N-dealkylation sites (N-methyl/N-ethyl adjacent to an activating group) is 1. The van der Waals surface area contributed by atoms with Crippen molar-refractivity contribution in [2.24, 2.45) is 0 Å². The molecule has 1 aromatic heterocycles. The van der Waals surface area contributed by atoms with Gasteiger partial charge in [-0.25, -0.2) is 13.1 Å². The Morgan fingerprint density at radius 2 is 2.00 bits per heavy atom. The summed E-state index contributed by atoms with van der Waals surface area (Å²) < 4.78 is 33.4. The molecule has 146 valence electrons. The molecular formula is C21H21ClN2O3S. The zero-order chi connectivity index (χ0) is 19.7. The van der Waals surface area contributed by atoms with Gasteiger partial charge >= 0.3 is 0 Å². The zero-order valence-corrected chi connectivity index (χ0v) is 17.1. The Morgan fingerprint density at radius 1 is 1.21 bits per heavy atom. The molecule has 0 saturated heterocycles. The number of nitrogens with one attached hydrogen (secondary N) is 1. The fourth-order valence-corrected chi connectivity index (χ4v) is 4.44. The number of hydrogen-bond acceptors (Lipinski definition) is 4. The van der Waals surface area contributed by atoms with Crippen molar-refractivity contribution >= 4 is 38.7 Å². The highest BCUT2D eigenvalue weighted by atomic mass is 35.5. The molecule has 0 radical (unpaired) electrons. The maximum Gasteiger partial charge on any atom is 0.234 e. The molecule has 2 heterocycles. The summed E-state index contributed by atoms with van der Waals surface area (Å²) in [6.45, 7) is 1.70. The van der Waals surface area contributed by atoms with Gasteiger partial charge in [0.05, 0.1) is 11.6 Å². The minimum Gasteiger partial charge on any atom is -0.458 e. The van der Waals surface area contributed by atoms with E-state index in [2.05, 4.69) is 9.62 Å². The molecule has 7 heteroatoms. The van der Waals surface area contributed by atoms with E-state index in [1.54, 1.807) is 6.08 Å². The average Bonchev–Trinajstić information content (AvgIpc) is 2.95. The molecule has 28 heavy (non-hydrogen) atoms. The number of halogens is 1. The summed E-state index contributed by atoms with van der Waals surface area (Å²) in [6, 6.07) is 13.2. The molecule has 0 fully saturated rings. The van der Waals surface area contributed by atoms with Crippen LogP contribution in [0.1, 0.15) is 22.5 Å². The highest BCUT2D eigenvalue weighted by Gasteiger charge is 2.23. The molecule has 0 amide bonds. The van der Waals surface area contributed by atoms with Gasteiger partial charge in [-0.1, -0.05) is 48.0 Å². The molecule has 0 spiro atoms. The monoisotopic (exact) mass is 416 g/mol. The van der Waals surface area contributed by atoms with Crippen molar-refractivity contribution in [3.05, 3.63) is 75.3 Å². The van der Waals surface area contributed by atoms with Gasteiger partial charge in [-0.2, -0.15) is 0 Å². The molecule has 4 rings (SSSR count). The zero-order valence-electron chi connectivity index (χ0n) is 15.5. The lowest BCUT2D eigenvalue weighted by Gasteiger charge is -2.13. The maximum absolute atomic E-state index is 12.4. The standard InChI is InChI=1S/C21H21ClN2O3S/c1-24-11-9-16-7-8-18(22)21-20(16)17(14-24)19(27-21)13-23-28(25,26)12-10-15-5-3-2-4-6-15/h2-8,10,12,23H,9,11,13-14H2,1H3/b12-10+. The largest absolute Gasteiger partial charge is 0.458 e. The summed E-state index contributed by atoms with van der Waals surface area (Å²) in [7, 11) is -1.56. The fraction of sp³-hybridized carbons (Fsp3) is 0.238. The van der Waals surface area contributed by atoms with Crippen molar-refractivity contribution in [1.29, 1.82) is 0 Å². The van der Waals surface area contributed by atoms with Gasteiger partial charge in [-0.05, 0) is 36.7 Å². The van der Waals surface area contributed by atoms with Crippen LogP contribution >= 0.6 is 11.6 Å². The first kappa shape index (κ1) is 19.2. The summed E-state index contributed by atoms with van der Waals surface area (Å²) in [5, 5.41) is 2.74. The predicted molar refractivity (Wildman–Crippen MR) is 112 cm³/mol. The third-order valence-corrected chi connectivity index (χ3v) is 6.26. The minimum absolute atomic E-state index is 0.0785. The molecule has 0 saturated carbocycles. The van der Waals surface area contributed by atoms with Crippen LogP contribution in [0.3, 0.4) is 0 Å². The number of nitrogens with zero attached hydrogens (tertiary/aromatic N) is 1. The van der Waals surface area contributed by atoms with Gasteiger partial charge in [0, 0.05) is 29.4 Å². The van der Waals surface area contributed by atoms with E-state index in [0.29, 0.717) is 22.9 Å². The van der Waals surface area contributed by atoms with Crippen LogP contribution in [0.25, 0.3) is 17.0 Å². The van der Waals surface area contributed by atoms with Gasteiger partial charge in [-0.15, -0.1) is 0 Å². The second-order valence-corrected chi connectivity index (χ2v) is 9.04. The topological polar surface area (TPSA) is 62.6 Å². The lowest BCUT2D eigenvalue weighted by molar-refractivity contribution is 0.332. The maximum atomic E-state index is 12.4. The second-order valence-electron chi connectivity index (χ2n) is 6.98. The van der Waals surface area contributed by atoms with Crippen LogP contribution in [0.4, 0.5) is 0 Å². The summed E-state index contributed by atoms with van der Waals surface area (Å²) in [4.78, 5) is 2.20. The third kappa shape index (κ3) is 4.00. The first-order chi connectivity index (χ1) is 13.4. The first-order valence-corrected chi connectivity index (χ1v) is 11.0. The van der Waals surface area contributed by atoms with E-state index >= 15 is 0 Å². The molecule has 5 nitrogen and oxygen atoms in total.